The zero-order valence-electron chi connectivity index (χ0n) is 14.6. The lowest BCUT2D eigenvalue weighted by molar-refractivity contribution is -0.116. The van der Waals surface area contributed by atoms with Gasteiger partial charge in [-0.15, -0.1) is 0 Å². The number of methoxy groups -OCH3 is 1. The number of nitrogens with one attached hydrogen (secondary N) is 1. The second kappa shape index (κ2) is 8.35. The van der Waals surface area contributed by atoms with E-state index in [4.69, 9.17) is 15.2 Å². The lowest BCUT2D eigenvalue weighted by Crippen LogP contribution is -2.13. The third kappa shape index (κ3) is 4.31. The van der Waals surface area contributed by atoms with Crippen molar-refractivity contribution >= 4 is 17.2 Å². The Hall–Kier alpha value is -3.06. The normalized spacial score (nSPS) is 10.7. The molecule has 0 fully saturated rings. The van der Waals surface area contributed by atoms with E-state index in [-0.39, 0.29) is 5.91 Å². The van der Waals surface area contributed by atoms with Gasteiger partial charge in [0, 0.05) is 30.6 Å². The maximum absolute atomic E-state index is 11.9. The van der Waals surface area contributed by atoms with Gasteiger partial charge in [-0.2, -0.15) is 0 Å². The maximum Gasteiger partial charge on any atom is 0.224 e. The van der Waals surface area contributed by atoms with Gasteiger partial charge in [-0.25, -0.2) is 4.98 Å². The third-order valence-corrected chi connectivity index (χ3v) is 3.84. The monoisotopic (exact) mass is 354 g/mol. The average molecular weight is 354 g/mol. The van der Waals surface area contributed by atoms with Gasteiger partial charge in [-0.1, -0.05) is 6.07 Å². The van der Waals surface area contributed by atoms with Crippen LogP contribution in [0.25, 0.3) is 5.65 Å². The molecule has 0 radical (unpaired) electrons. The number of nitrogens with zero attached hydrogens (tertiary/aromatic N) is 2. The summed E-state index contributed by atoms with van der Waals surface area (Å²) in [5.41, 5.74) is 7.74. The minimum Gasteiger partial charge on any atom is -0.493 e. The number of fused-ring (bicyclic) bond motifs is 1. The molecule has 3 N–H and O–H groups in total. The molecular weight excluding hydrogens is 332 g/mol. The molecule has 3 aromatic rings. The first-order valence-corrected chi connectivity index (χ1v) is 8.43. The molecular formula is C19H22N4O3. The molecule has 0 aliphatic rings. The summed E-state index contributed by atoms with van der Waals surface area (Å²) in [7, 11) is 1.58. The molecule has 0 aliphatic heterocycles. The van der Waals surface area contributed by atoms with Crippen molar-refractivity contribution in [2.24, 2.45) is 5.73 Å². The summed E-state index contributed by atoms with van der Waals surface area (Å²) in [6, 6.07) is 11.1. The molecule has 26 heavy (non-hydrogen) atoms. The summed E-state index contributed by atoms with van der Waals surface area (Å²) in [6.45, 7) is 0.784. The number of amides is 1. The quantitative estimate of drug-likeness (QED) is 0.649. The van der Waals surface area contributed by atoms with Gasteiger partial charge >= 0.3 is 0 Å². The van der Waals surface area contributed by atoms with Gasteiger partial charge in [-0.3, -0.25) is 4.79 Å². The first-order valence-electron chi connectivity index (χ1n) is 8.43. The average Bonchev–Trinajstić information content (AvgIpc) is 3.08. The van der Waals surface area contributed by atoms with Crippen molar-refractivity contribution in [3.05, 3.63) is 54.5 Å². The molecule has 0 atom stereocenters. The molecule has 0 aliphatic carbocycles. The van der Waals surface area contributed by atoms with Crippen molar-refractivity contribution in [1.82, 2.24) is 9.38 Å². The van der Waals surface area contributed by atoms with Crippen LogP contribution in [-0.2, 0) is 11.4 Å². The van der Waals surface area contributed by atoms with Crippen LogP contribution in [0.1, 0.15) is 18.5 Å². The molecule has 3 rings (SSSR count). The zero-order chi connectivity index (χ0) is 18.4. The Labute approximate surface area is 151 Å². The number of rotatable bonds is 8. The van der Waals surface area contributed by atoms with E-state index in [1.54, 1.807) is 25.3 Å². The van der Waals surface area contributed by atoms with Crippen molar-refractivity contribution in [3.8, 4) is 11.5 Å². The van der Waals surface area contributed by atoms with Gasteiger partial charge in [0.25, 0.3) is 0 Å². The Bertz CT molecular complexity index is 858. The van der Waals surface area contributed by atoms with Crippen molar-refractivity contribution in [3.63, 3.8) is 0 Å². The molecule has 7 heteroatoms. The Morgan fingerprint density at radius 1 is 1.27 bits per heavy atom. The molecule has 1 aromatic carbocycles. The Kier molecular flexibility index (Phi) is 5.70. The van der Waals surface area contributed by atoms with E-state index in [1.807, 2.05) is 35.0 Å². The molecule has 7 nitrogen and oxygen atoms in total. The number of carbonyl (C=O) groups is 1. The molecule has 0 unspecified atom stereocenters. The van der Waals surface area contributed by atoms with Crippen LogP contribution in [0.15, 0.2) is 48.8 Å². The van der Waals surface area contributed by atoms with Gasteiger partial charge in [0.2, 0.25) is 5.91 Å². The minimum absolute atomic E-state index is 0.0769. The Morgan fingerprint density at radius 3 is 2.92 bits per heavy atom. The van der Waals surface area contributed by atoms with Gasteiger partial charge < -0.3 is 24.9 Å². The van der Waals surface area contributed by atoms with Crippen LogP contribution in [0.3, 0.4) is 0 Å². The number of anilines is 1. The van der Waals surface area contributed by atoms with Crippen molar-refractivity contribution < 1.29 is 14.3 Å². The molecule has 0 saturated heterocycles. The lowest BCUT2D eigenvalue weighted by atomic mass is 10.2. The molecule has 0 saturated carbocycles. The van der Waals surface area contributed by atoms with Crippen molar-refractivity contribution in [1.29, 1.82) is 0 Å². The molecule has 136 valence electrons. The van der Waals surface area contributed by atoms with Crippen LogP contribution in [0.2, 0.25) is 0 Å². The number of aromatic nitrogens is 2. The SMILES string of the molecule is COc1ccc(NC(=O)CCCN)cc1OCc1cn2ccccc2n1. The molecule has 0 bridgehead atoms. The predicted molar refractivity (Wildman–Crippen MR) is 99.4 cm³/mol. The lowest BCUT2D eigenvalue weighted by Gasteiger charge is -2.12. The van der Waals surface area contributed by atoms with Crippen molar-refractivity contribution in [2.45, 2.75) is 19.4 Å². The standard InChI is InChI=1S/C19H22N4O3/c1-25-16-8-7-14(22-19(24)6-4-9-20)11-17(16)26-13-15-12-23-10-3-2-5-18(23)21-15/h2-3,5,7-8,10-12H,4,6,9,13,20H2,1H3,(H,22,24). The fraction of sp³-hybridized carbons (Fsp3) is 0.263. The summed E-state index contributed by atoms with van der Waals surface area (Å²) in [5, 5.41) is 2.84. The molecule has 1 amide bonds. The Morgan fingerprint density at radius 2 is 2.15 bits per heavy atom. The third-order valence-electron chi connectivity index (χ3n) is 3.84. The summed E-state index contributed by atoms with van der Waals surface area (Å²) in [6.07, 6.45) is 4.89. The zero-order valence-corrected chi connectivity index (χ0v) is 14.6. The summed E-state index contributed by atoms with van der Waals surface area (Å²) in [4.78, 5) is 16.4. The van der Waals surface area contributed by atoms with Crippen LogP contribution < -0.4 is 20.5 Å². The largest absolute Gasteiger partial charge is 0.493 e. The number of ether oxygens (including phenoxy) is 2. The number of benzene rings is 1. The summed E-state index contributed by atoms with van der Waals surface area (Å²) < 4.78 is 13.1. The van der Waals surface area contributed by atoms with E-state index in [0.717, 1.165) is 11.3 Å². The fourth-order valence-corrected chi connectivity index (χ4v) is 2.56. The summed E-state index contributed by atoms with van der Waals surface area (Å²) in [5.74, 6) is 1.06. The van der Waals surface area contributed by atoms with E-state index < -0.39 is 0 Å². The predicted octanol–water partition coefficient (Wildman–Crippen LogP) is 2.60. The number of nitrogens with two attached hydrogens (primary N) is 1. The first-order chi connectivity index (χ1) is 12.7. The van der Waals surface area contributed by atoms with Gasteiger partial charge in [0.05, 0.1) is 12.8 Å². The fourth-order valence-electron chi connectivity index (χ4n) is 2.56. The van der Waals surface area contributed by atoms with Crippen LogP contribution in [0.4, 0.5) is 5.69 Å². The van der Waals surface area contributed by atoms with Gasteiger partial charge in [0.15, 0.2) is 11.5 Å². The van der Waals surface area contributed by atoms with Crippen LogP contribution in [-0.4, -0.2) is 28.9 Å². The van der Waals surface area contributed by atoms with Crippen LogP contribution in [0.5, 0.6) is 11.5 Å². The van der Waals surface area contributed by atoms with Crippen molar-refractivity contribution in [2.75, 3.05) is 19.0 Å². The maximum atomic E-state index is 11.9. The molecule has 2 aromatic heterocycles. The number of pyridine rings is 1. The minimum atomic E-state index is -0.0769. The molecule has 2 heterocycles. The van der Waals surface area contributed by atoms with Gasteiger partial charge in [0.1, 0.15) is 12.3 Å². The number of hydrogen-bond acceptors (Lipinski definition) is 5. The highest BCUT2D eigenvalue weighted by atomic mass is 16.5. The first kappa shape index (κ1) is 17.8. The van der Waals surface area contributed by atoms with E-state index in [9.17, 15) is 4.79 Å². The highest BCUT2D eigenvalue weighted by molar-refractivity contribution is 5.91. The topological polar surface area (TPSA) is 90.9 Å². The summed E-state index contributed by atoms with van der Waals surface area (Å²) >= 11 is 0. The number of carbonyl (C=O) groups excluding carboxylic acids is 1. The van der Waals surface area contributed by atoms with E-state index in [0.29, 0.717) is 43.2 Å². The second-order valence-corrected chi connectivity index (χ2v) is 5.79. The second-order valence-electron chi connectivity index (χ2n) is 5.79. The van der Waals surface area contributed by atoms with E-state index >= 15 is 0 Å². The van der Waals surface area contributed by atoms with E-state index in [2.05, 4.69) is 10.3 Å². The Balaban J connectivity index is 1.70. The smallest absolute Gasteiger partial charge is 0.224 e. The highest BCUT2D eigenvalue weighted by Crippen LogP contribution is 2.31. The highest BCUT2D eigenvalue weighted by Gasteiger charge is 2.10. The number of hydrogen-bond donors (Lipinski definition) is 2. The van der Waals surface area contributed by atoms with Crippen LogP contribution >= 0.6 is 0 Å². The number of imidazole rings is 1. The van der Waals surface area contributed by atoms with E-state index in [1.165, 1.54) is 0 Å². The molecule has 0 spiro atoms. The van der Waals surface area contributed by atoms with Gasteiger partial charge in [-0.05, 0) is 37.2 Å². The van der Waals surface area contributed by atoms with Crippen LogP contribution in [0, 0.1) is 0 Å².